The molecule has 0 saturated carbocycles. The second kappa shape index (κ2) is 8.35. The number of nitrogens with one attached hydrogen (secondary N) is 1. The number of carbonyl (C=O) groups excluding carboxylic acids is 1. The number of rotatable bonds is 4. The molecule has 1 aliphatic heterocycles. The highest BCUT2D eigenvalue weighted by Crippen LogP contribution is 2.21. The van der Waals surface area contributed by atoms with Crippen LogP contribution in [0.3, 0.4) is 0 Å². The Bertz CT molecular complexity index is 875. The zero-order valence-corrected chi connectivity index (χ0v) is 15.4. The van der Waals surface area contributed by atoms with E-state index in [-0.39, 0.29) is 24.4 Å². The van der Waals surface area contributed by atoms with E-state index < -0.39 is 0 Å². The molecular weight excluding hydrogens is 344 g/mol. The van der Waals surface area contributed by atoms with Gasteiger partial charge in [0.2, 0.25) is 0 Å². The monoisotopic (exact) mass is 366 g/mol. The Hall–Kier alpha value is -2.36. The van der Waals surface area contributed by atoms with Crippen LogP contribution in [0.5, 0.6) is 0 Å². The first-order chi connectivity index (χ1) is 12.3. The quantitative estimate of drug-likeness (QED) is 0.748. The normalized spacial score (nSPS) is 16.2. The largest absolute Gasteiger partial charge is 0.330 e. The zero-order chi connectivity index (χ0) is 17.1. The van der Waals surface area contributed by atoms with Gasteiger partial charge in [-0.3, -0.25) is 4.79 Å². The van der Waals surface area contributed by atoms with Gasteiger partial charge in [-0.1, -0.05) is 54.6 Å². The molecule has 26 heavy (non-hydrogen) atoms. The molecule has 0 radical (unpaired) electrons. The van der Waals surface area contributed by atoms with Crippen LogP contribution in [0, 0.1) is 0 Å². The van der Waals surface area contributed by atoms with Crippen LogP contribution in [0.4, 0.5) is 0 Å². The minimum Gasteiger partial charge on any atom is -0.330 e. The molecular formula is C22H23ClN2O. The molecule has 0 aliphatic carbocycles. The van der Waals surface area contributed by atoms with Crippen LogP contribution in [0.1, 0.15) is 22.3 Å². The van der Waals surface area contributed by atoms with Gasteiger partial charge in [-0.05, 0) is 47.5 Å². The Labute approximate surface area is 160 Å². The standard InChI is InChI=1S/C22H22N2O.ClH/c25-22(19-7-2-1-3-8-19)24(21-12-13-23-15-21)16-17-10-11-18-6-4-5-9-20(18)14-17;/h1-11,14,21,23H,12-13,15-16H2;1H/t21-;/m0./s1. The highest BCUT2D eigenvalue weighted by atomic mass is 35.5. The molecule has 3 aromatic rings. The number of halogens is 1. The summed E-state index contributed by atoms with van der Waals surface area (Å²) in [7, 11) is 0. The van der Waals surface area contributed by atoms with Crippen LogP contribution in [-0.2, 0) is 6.54 Å². The van der Waals surface area contributed by atoms with E-state index in [0.29, 0.717) is 6.54 Å². The van der Waals surface area contributed by atoms with Crippen molar-refractivity contribution in [2.75, 3.05) is 13.1 Å². The molecule has 134 valence electrons. The second-order valence-electron chi connectivity index (χ2n) is 6.63. The lowest BCUT2D eigenvalue weighted by atomic mass is 10.0. The molecule has 1 atom stereocenters. The maximum absolute atomic E-state index is 13.1. The van der Waals surface area contributed by atoms with E-state index in [1.165, 1.54) is 16.3 Å². The molecule has 1 aliphatic rings. The number of hydrogen-bond donors (Lipinski definition) is 1. The maximum atomic E-state index is 13.1. The van der Waals surface area contributed by atoms with Crippen LogP contribution < -0.4 is 5.32 Å². The predicted molar refractivity (Wildman–Crippen MR) is 109 cm³/mol. The van der Waals surface area contributed by atoms with Gasteiger partial charge >= 0.3 is 0 Å². The van der Waals surface area contributed by atoms with E-state index in [9.17, 15) is 4.79 Å². The van der Waals surface area contributed by atoms with Crippen LogP contribution >= 0.6 is 12.4 Å². The van der Waals surface area contributed by atoms with Crippen molar-refractivity contribution in [3.05, 3.63) is 83.9 Å². The van der Waals surface area contributed by atoms with Crippen molar-refractivity contribution >= 4 is 29.1 Å². The van der Waals surface area contributed by atoms with Gasteiger partial charge in [0.15, 0.2) is 0 Å². The van der Waals surface area contributed by atoms with Crippen molar-refractivity contribution in [3.63, 3.8) is 0 Å². The molecule has 1 saturated heterocycles. The average molecular weight is 367 g/mol. The fourth-order valence-electron chi connectivity index (χ4n) is 3.55. The Kier molecular flexibility index (Phi) is 5.92. The molecule has 0 aromatic heterocycles. The average Bonchev–Trinajstić information content (AvgIpc) is 3.20. The highest BCUT2D eigenvalue weighted by Gasteiger charge is 2.27. The molecule has 3 aromatic carbocycles. The molecule has 4 rings (SSSR count). The van der Waals surface area contributed by atoms with Gasteiger partial charge in [0.1, 0.15) is 0 Å². The minimum absolute atomic E-state index is 0. The summed E-state index contributed by atoms with van der Waals surface area (Å²) in [5.41, 5.74) is 1.94. The lowest BCUT2D eigenvalue weighted by Gasteiger charge is -2.29. The van der Waals surface area contributed by atoms with Crippen molar-refractivity contribution in [2.45, 2.75) is 19.0 Å². The summed E-state index contributed by atoms with van der Waals surface area (Å²) < 4.78 is 0. The van der Waals surface area contributed by atoms with E-state index in [1.54, 1.807) is 0 Å². The number of benzene rings is 3. The summed E-state index contributed by atoms with van der Waals surface area (Å²) >= 11 is 0. The van der Waals surface area contributed by atoms with Crippen molar-refractivity contribution in [1.82, 2.24) is 10.2 Å². The minimum atomic E-state index is 0. The van der Waals surface area contributed by atoms with E-state index >= 15 is 0 Å². The molecule has 0 unspecified atom stereocenters. The third-order valence-corrected chi connectivity index (χ3v) is 4.92. The maximum Gasteiger partial charge on any atom is 0.254 e. The summed E-state index contributed by atoms with van der Waals surface area (Å²) in [5, 5.41) is 5.83. The molecule has 1 amide bonds. The Morgan fingerprint density at radius 3 is 2.42 bits per heavy atom. The Morgan fingerprint density at radius 2 is 1.69 bits per heavy atom. The van der Waals surface area contributed by atoms with E-state index in [0.717, 1.165) is 25.1 Å². The topological polar surface area (TPSA) is 32.3 Å². The molecule has 3 nitrogen and oxygen atoms in total. The molecule has 1 N–H and O–H groups in total. The first-order valence-corrected chi connectivity index (χ1v) is 8.86. The van der Waals surface area contributed by atoms with E-state index in [1.807, 2.05) is 35.2 Å². The molecule has 1 heterocycles. The Morgan fingerprint density at radius 1 is 0.962 bits per heavy atom. The first kappa shape index (κ1) is 18.4. The number of nitrogens with zero attached hydrogens (tertiary/aromatic N) is 1. The summed E-state index contributed by atoms with van der Waals surface area (Å²) in [6.45, 7) is 2.48. The van der Waals surface area contributed by atoms with Crippen LogP contribution in [0.15, 0.2) is 72.8 Å². The highest BCUT2D eigenvalue weighted by molar-refractivity contribution is 5.94. The van der Waals surface area contributed by atoms with Crippen LogP contribution in [-0.4, -0.2) is 29.9 Å². The third kappa shape index (κ3) is 3.90. The fourth-order valence-corrected chi connectivity index (χ4v) is 3.55. The van der Waals surface area contributed by atoms with Gasteiger partial charge in [-0.25, -0.2) is 0 Å². The summed E-state index contributed by atoms with van der Waals surface area (Å²) in [6.07, 6.45) is 1.01. The van der Waals surface area contributed by atoms with Crippen molar-refractivity contribution in [3.8, 4) is 0 Å². The van der Waals surface area contributed by atoms with Crippen molar-refractivity contribution in [2.24, 2.45) is 0 Å². The van der Waals surface area contributed by atoms with Gasteiger partial charge < -0.3 is 10.2 Å². The smallest absolute Gasteiger partial charge is 0.254 e. The van der Waals surface area contributed by atoms with Gasteiger partial charge in [-0.15, -0.1) is 12.4 Å². The SMILES string of the molecule is Cl.O=C(c1ccccc1)N(Cc1ccc2ccccc2c1)[C@H]1CCNC1. The summed E-state index contributed by atoms with van der Waals surface area (Å²) in [6, 6.07) is 24.7. The van der Waals surface area contributed by atoms with Gasteiger partial charge in [0, 0.05) is 24.7 Å². The number of carbonyl (C=O) groups is 1. The lowest BCUT2D eigenvalue weighted by Crippen LogP contribution is -2.41. The summed E-state index contributed by atoms with van der Waals surface area (Å²) in [5.74, 6) is 0.113. The third-order valence-electron chi connectivity index (χ3n) is 4.92. The predicted octanol–water partition coefficient (Wildman–Crippen LogP) is 4.27. The van der Waals surface area contributed by atoms with E-state index in [2.05, 4.69) is 47.8 Å². The second-order valence-corrected chi connectivity index (χ2v) is 6.63. The van der Waals surface area contributed by atoms with Crippen molar-refractivity contribution in [1.29, 1.82) is 0 Å². The first-order valence-electron chi connectivity index (χ1n) is 8.86. The Balaban J connectivity index is 0.00000196. The molecule has 0 bridgehead atoms. The molecule has 1 fully saturated rings. The number of hydrogen-bond acceptors (Lipinski definition) is 2. The molecule has 4 heteroatoms. The van der Waals surface area contributed by atoms with Gasteiger partial charge in [-0.2, -0.15) is 0 Å². The van der Waals surface area contributed by atoms with Crippen LogP contribution in [0.2, 0.25) is 0 Å². The fraction of sp³-hybridized carbons (Fsp3) is 0.227. The van der Waals surface area contributed by atoms with E-state index in [4.69, 9.17) is 0 Å². The number of fused-ring (bicyclic) bond motifs is 1. The van der Waals surface area contributed by atoms with Gasteiger partial charge in [0.05, 0.1) is 0 Å². The number of amides is 1. The lowest BCUT2D eigenvalue weighted by molar-refractivity contribution is 0.0676. The van der Waals surface area contributed by atoms with Crippen molar-refractivity contribution < 1.29 is 4.79 Å². The summed E-state index contributed by atoms with van der Waals surface area (Å²) in [4.78, 5) is 15.1. The zero-order valence-electron chi connectivity index (χ0n) is 14.6. The van der Waals surface area contributed by atoms with Gasteiger partial charge in [0.25, 0.3) is 5.91 Å². The van der Waals surface area contributed by atoms with Crippen LogP contribution in [0.25, 0.3) is 10.8 Å². The molecule has 0 spiro atoms.